The average molecular weight is 384 g/mol. The molecular weight excluding hydrogens is 368 g/mol. The minimum absolute atomic E-state index is 0.0173. The Morgan fingerprint density at radius 2 is 1.85 bits per heavy atom. The minimum atomic E-state index is -3.62. The van der Waals surface area contributed by atoms with Gasteiger partial charge in [0.15, 0.2) is 0 Å². The Bertz CT molecular complexity index is 1050. The molecule has 1 aliphatic heterocycles. The molecule has 2 heterocycles. The summed E-state index contributed by atoms with van der Waals surface area (Å²) in [5.74, 6) is -0.0173. The highest BCUT2D eigenvalue weighted by molar-refractivity contribution is 7.92. The van der Waals surface area contributed by atoms with Gasteiger partial charge in [0.1, 0.15) is 0 Å². The van der Waals surface area contributed by atoms with E-state index in [1.165, 1.54) is 11.3 Å². The van der Waals surface area contributed by atoms with Gasteiger partial charge < -0.3 is 4.90 Å². The van der Waals surface area contributed by atoms with E-state index >= 15 is 0 Å². The van der Waals surface area contributed by atoms with Crippen molar-refractivity contribution >= 4 is 38.6 Å². The van der Waals surface area contributed by atoms with Crippen molar-refractivity contribution in [2.24, 2.45) is 0 Å². The van der Waals surface area contributed by atoms with Crippen LogP contribution in [0.25, 0.3) is 0 Å². The van der Waals surface area contributed by atoms with Crippen molar-refractivity contribution < 1.29 is 13.2 Å². The number of rotatable bonds is 4. The fraction of sp³-hybridized carbons (Fsp3) is 0.105. The normalized spacial score (nSPS) is 13.5. The number of carbonyl (C=O) groups is 1. The molecule has 0 spiro atoms. The first-order valence-corrected chi connectivity index (χ1v) is 10.5. The SMILES string of the molecule is O=C(c1cccs1)N1CCc2cc(NS(=O)(=O)c3ccccc3)ccc21. The first-order valence-electron chi connectivity index (χ1n) is 8.11. The fourth-order valence-electron chi connectivity index (χ4n) is 3.02. The largest absolute Gasteiger partial charge is 0.307 e. The molecule has 1 aromatic heterocycles. The van der Waals surface area contributed by atoms with E-state index in [-0.39, 0.29) is 10.8 Å². The molecule has 7 heteroatoms. The summed E-state index contributed by atoms with van der Waals surface area (Å²) in [6.07, 6.45) is 0.702. The Morgan fingerprint density at radius 3 is 2.58 bits per heavy atom. The molecule has 3 aromatic rings. The van der Waals surface area contributed by atoms with Crippen molar-refractivity contribution in [3.8, 4) is 0 Å². The summed E-state index contributed by atoms with van der Waals surface area (Å²) in [6, 6.07) is 17.2. The lowest BCUT2D eigenvalue weighted by molar-refractivity contribution is 0.0993. The second-order valence-electron chi connectivity index (χ2n) is 5.95. The van der Waals surface area contributed by atoms with E-state index in [2.05, 4.69) is 4.72 Å². The molecule has 1 aliphatic rings. The number of benzene rings is 2. The van der Waals surface area contributed by atoms with Crippen LogP contribution in [0.1, 0.15) is 15.2 Å². The number of hydrogen-bond donors (Lipinski definition) is 1. The highest BCUT2D eigenvalue weighted by Crippen LogP contribution is 2.32. The van der Waals surface area contributed by atoms with Gasteiger partial charge in [0.05, 0.1) is 9.77 Å². The molecule has 0 aliphatic carbocycles. The zero-order valence-corrected chi connectivity index (χ0v) is 15.4. The monoisotopic (exact) mass is 384 g/mol. The zero-order chi connectivity index (χ0) is 18.1. The van der Waals surface area contributed by atoms with Crippen LogP contribution in [0.3, 0.4) is 0 Å². The second kappa shape index (κ2) is 6.59. The van der Waals surface area contributed by atoms with Crippen LogP contribution >= 0.6 is 11.3 Å². The first-order chi connectivity index (χ1) is 12.5. The van der Waals surface area contributed by atoms with Crippen molar-refractivity contribution in [2.75, 3.05) is 16.2 Å². The van der Waals surface area contributed by atoms with Gasteiger partial charge in [-0.15, -0.1) is 11.3 Å². The van der Waals surface area contributed by atoms with E-state index in [0.717, 1.165) is 11.3 Å². The van der Waals surface area contributed by atoms with Gasteiger partial charge in [-0.1, -0.05) is 24.3 Å². The van der Waals surface area contributed by atoms with Gasteiger partial charge in [0.25, 0.3) is 15.9 Å². The maximum absolute atomic E-state index is 12.6. The lowest BCUT2D eigenvalue weighted by atomic mass is 10.1. The lowest BCUT2D eigenvalue weighted by Crippen LogP contribution is -2.28. The number of nitrogens with one attached hydrogen (secondary N) is 1. The maximum atomic E-state index is 12.6. The molecule has 0 atom stereocenters. The van der Waals surface area contributed by atoms with Gasteiger partial charge in [-0.2, -0.15) is 0 Å². The van der Waals surface area contributed by atoms with Gasteiger partial charge in [-0.3, -0.25) is 9.52 Å². The Labute approximate surface area is 156 Å². The summed E-state index contributed by atoms with van der Waals surface area (Å²) >= 11 is 1.42. The molecule has 0 fully saturated rings. The molecule has 2 aromatic carbocycles. The van der Waals surface area contributed by atoms with Gasteiger partial charge in [0, 0.05) is 17.9 Å². The quantitative estimate of drug-likeness (QED) is 0.745. The predicted molar refractivity (Wildman–Crippen MR) is 103 cm³/mol. The second-order valence-corrected chi connectivity index (χ2v) is 8.58. The smallest absolute Gasteiger partial charge is 0.268 e. The number of hydrogen-bond acceptors (Lipinski definition) is 4. The summed E-state index contributed by atoms with van der Waals surface area (Å²) in [7, 11) is -3.62. The molecule has 1 N–H and O–H groups in total. The van der Waals surface area contributed by atoms with Crippen LogP contribution in [-0.2, 0) is 16.4 Å². The first kappa shape index (κ1) is 16.8. The van der Waals surface area contributed by atoms with Crippen LogP contribution in [0.5, 0.6) is 0 Å². The molecule has 132 valence electrons. The third kappa shape index (κ3) is 3.11. The van der Waals surface area contributed by atoms with Crippen molar-refractivity contribution in [3.05, 3.63) is 76.5 Å². The van der Waals surface area contributed by atoms with Crippen molar-refractivity contribution in [1.82, 2.24) is 0 Å². The van der Waals surface area contributed by atoms with Crippen molar-refractivity contribution in [2.45, 2.75) is 11.3 Å². The van der Waals surface area contributed by atoms with Gasteiger partial charge in [-0.25, -0.2) is 8.42 Å². The molecular formula is C19H16N2O3S2. The topological polar surface area (TPSA) is 66.5 Å². The van der Waals surface area contributed by atoms with Gasteiger partial charge in [0.2, 0.25) is 0 Å². The number of carbonyl (C=O) groups excluding carboxylic acids is 1. The number of amides is 1. The number of thiophene rings is 1. The van der Waals surface area contributed by atoms with Crippen molar-refractivity contribution in [1.29, 1.82) is 0 Å². The third-order valence-electron chi connectivity index (χ3n) is 4.26. The highest BCUT2D eigenvalue weighted by atomic mass is 32.2. The number of fused-ring (bicyclic) bond motifs is 1. The molecule has 0 radical (unpaired) electrons. The minimum Gasteiger partial charge on any atom is -0.307 e. The van der Waals surface area contributed by atoms with Gasteiger partial charge >= 0.3 is 0 Å². The Morgan fingerprint density at radius 1 is 1.04 bits per heavy atom. The molecule has 5 nitrogen and oxygen atoms in total. The molecule has 26 heavy (non-hydrogen) atoms. The summed E-state index contributed by atoms with van der Waals surface area (Å²) in [6.45, 7) is 0.598. The van der Waals surface area contributed by atoms with E-state index in [1.807, 2.05) is 17.5 Å². The number of anilines is 2. The van der Waals surface area contributed by atoms with Crippen LogP contribution in [0.2, 0.25) is 0 Å². The number of nitrogens with zero attached hydrogens (tertiary/aromatic N) is 1. The van der Waals surface area contributed by atoms with Crippen LogP contribution in [0.15, 0.2) is 70.9 Å². The Hall–Kier alpha value is -2.64. The predicted octanol–water partition coefficient (Wildman–Crippen LogP) is 3.75. The number of sulfonamides is 1. The van der Waals surface area contributed by atoms with E-state index in [9.17, 15) is 13.2 Å². The van der Waals surface area contributed by atoms with Crippen LogP contribution in [0.4, 0.5) is 11.4 Å². The summed E-state index contributed by atoms with van der Waals surface area (Å²) in [5.41, 5.74) is 2.30. The Balaban J connectivity index is 1.58. The van der Waals surface area contributed by atoms with E-state index < -0.39 is 10.0 Å². The molecule has 0 saturated heterocycles. The molecule has 0 bridgehead atoms. The Kier molecular flexibility index (Phi) is 4.26. The summed E-state index contributed by atoms with van der Waals surface area (Å²) in [4.78, 5) is 15.3. The lowest BCUT2D eigenvalue weighted by Gasteiger charge is -2.17. The summed E-state index contributed by atoms with van der Waals surface area (Å²) in [5, 5.41) is 1.88. The zero-order valence-electron chi connectivity index (χ0n) is 13.8. The molecule has 1 amide bonds. The third-order valence-corrected chi connectivity index (χ3v) is 6.51. The van der Waals surface area contributed by atoms with Crippen LogP contribution in [-0.4, -0.2) is 20.9 Å². The molecule has 4 rings (SSSR count). The van der Waals surface area contributed by atoms with E-state index in [1.54, 1.807) is 53.4 Å². The van der Waals surface area contributed by atoms with Crippen LogP contribution in [0, 0.1) is 0 Å². The standard InChI is InChI=1S/C19H16N2O3S2/c22-19(18-7-4-12-25-18)21-11-10-14-13-15(8-9-17(14)21)20-26(23,24)16-5-2-1-3-6-16/h1-9,12-13,20H,10-11H2. The van der Waals surface area contributed by atoms with Crippen molar-refractivity contribution in [3.63, 3.8) is 0 Å². The van der Waals surface area contributed by atoms with Gasteiger partial charge in [-0.05, 0) is 53.8 Å². The molecule has 0 saturated carbocycles. The fourth-order valence-corrected chi connectivity index (χ4v) is 4.77. The van der Waals surface area contributed by atoms with E-state index in [4.69, 9.17) is 0 Å². The maximum Gasteiger partial charge on any atom is 0.268 e. The highest BCUT2D eigenvalue weighted by Gasteiger charge is 2.26. The molecule has 0 unspecified atom stereocenters. The average Bonchev–Trinajstić information content (AvgIpc) is 3.31. The van der Waals surface area contributed by atoms with Crippen LogP contribution < -0.4 is 9.62 Å². The summed E-state index contributed by atoms with van der Waals surface area (Å²) < 4.78 is 27.5. The van der Waals surface area contributed by atoms with E-state index in [0.29, 0.717) is 23.5 Å².